The van der Waals surface area contributed by atoms with Crippen LogP contribution in [0.3, 0.4) is 0 Å². The molecule has 0 fully saturated rings. The van der Waals surface area contributed by atoms with E-state index < -0.39 is 0 Å². The first-order chi connectivity index (χ1) is 8.63. The summed E-state index contributed by atoms with van der Waals surface area (Å²) in [6, 6.07) is 5.53. The van der Waals surface area contributed by atoms with Gasteiger partial charge in [-0.3, -0.25) is 0 Å². The van der Waals surface area contributed by atoms with Gasteiger partial charge in [0.25, 0.3) is 0 Å². The summed E-state index contributed by atoms with van der Waals surface area (Å²) < 4.78 is 2.64. The lowest BCUT2D eigenvalue weighted by atomic mass is 10.3. The van der Waals surface area contributed by atoms with Gasteiger partial charge in [-0.15, -0.1) is 0 Å². The van der Waals surface area contributed by atoms with Crippen molar-refractivity contribution in [1.29, 1.82) is 0 Å². The Labute approximate surface area is 111 Å². The van der Waals surface area contributed by atoms with Crippen molar-refractivity contribution in [1.82, 2.24) is 19.5 Å². The average molecular weight is 305 g/mol. The standard InChI is InChI=1S/C11H9BrN6/c12-8-3-7-6(5-15-8)1-2-18(7)10-4-9(13)16-11(14)17-10/h1-5H,(H4,13,14,16,17). The molecule has 6 nitrogen and oxygen atoms in total. The smallest absolute Gasteiger partial charge is 0.223 e. The van der Waals surface area contributed by atoms with E-state index in [1.54, 1.807) is 12.3 Å². The van der Waals surface area contributed by atoms with Crippen molar-refractivity contribution in [3.63, 3.8) is 0 Å². The zero-order chi connectivity index (χ0) is 12.7. The lowest BCUT2D eigenvalue weighted by Gasteiger charge is -2.06. The van der Waals surface area contributed by atoms with E-state index in [9.17, 15) is 0 Å². The molecule has 7 heteroatoms. The summed E-state index contributed by atoms with van der Waals surface area (Å²) in [5, 5.41) is 1.01. The topological polar surface area (TPSA) is 95.6 Å². The molecule has 0 aromatic carbocycles. The molecule has 0 aliphatic heterocycles. The van der Waals surface area contributed by atoms with Crippen molar-refractivity contribution in [3.05, 3.63) is 35.2 Å². The molecule has 0 spiro atoms. The summed E-state index contributed by atoms with van der Waals surface area (Å²) in [6.45, 7) is 0. The van der Waals surface area contributed by atoms with Crippen molar-refractivity contribution in [2.24, 2.45) is 0 Å². The summed E-state index contributed by atoms with van der Waals surface area (Å²) in [6.07, 6.45) is 3.67. The number of rotatable bonds is 1. The molecule has 90 valence electrons. The zero-order valence-electron chi connectivity index (χ0n) is 9.21. The van der Waals surface area contributed by atoms with Crippen molar-refractivity contribution >= 4 is 38.6 Å². The van der Waals surface area contributed by atoms with Gasteiger partial charge in [0.1, 0.15) is 16.2 Å². The Kier molecular flexibility index (Phi) is 2.41. The van der Waals surface area contributed by atoms with E-state index in [-0.39, 0.29) is 5.95 Å². The quantitative estimate of drug-likeness (QED) is 0.668. The second kappa shape index (κ2) is 3.95. The van der Waals surface area contributed by atoms with E-state index in [2.05, 4.69) is 30.9 Å². The Morgan fingerprint density at radius 1 is 1.17 bits per heavy atom. The summed E-state index contributed by atoms with van der Waals surface area (Å²) >= 11 is 3.35. The predicted molar refractivity (Wildman–Crippen MR) is 73.2 cm³/mol. The van der Waals surface area contributed by atoms with Crippen LogP contribution in [0.25, 0.3) is 16.7 Å². The van der Waals surface area contributed by atoms with Crippen LogP contribution >= 0.6 is 15.9 Å². The number of fused-ring (bicyclic) bond motifs is 1. The summed E-state index contributed by atoms with van der Waals surface area (Å²) in [7, 11) is 0. The Morgan fingerprint density at radius 2 is 2.00 bits per heavy atom. The van der Waals surface area contributed by atoms with Gasteiger partial charge in [0, 0.05) is 23.8 Å². The second-order valence-corrected chi connectivity index (χ2v) is 4.57. The van der Waals surface area contributed by atoms with Crippen LogP contribution in [0, 0.1) is 0 Å². The van der Waals surface area contributed by atoms with E-state index in [1.807, 2.05) is 22.9 Å². The van der Waals surface area contributed by atoms with Crippen LogP contribution in [-0.4, -0.2) is 19.5 Å². The number of halogens is 1. The van der Waals surface area contributed by atoms with Crippen molar-refractivity contribution < 1.29 is 0 Å². The highest BCUT2D eigenvalue weighted by Gasteiger charge is 2.07. The molecule has 4 N–H and O–H groups in total. The van der Waals surface area contributed by atoms with Crippen LogP contribution < -0.4 is 11.5 Å². The highest BCUT2D eigenvalue weighted by Crippen LogP contribution is 2.22. The lowest BCUT2D eigenvalue weighted by Crippen LogP contribution is -2.04. The first-order valence-electron chi connectivity index (χ1n) is 5.16. The van der Waals surface area contributed by atoms with Crippen LogP contribution in [-0.2, 0) is 0 Å². The van der Waals surface area contributed by atoms with Gasteiger partial charge < -0.3 is 16.0 Å². The van der Waals surface area contributed by atoms with Gasteiger partial charge in [0.05, 0.1) is 5.52 Å². The highest BCUT2D eigenvalue weighted by atomic mass is 79.9. The molecule has 0 unspecified atom stereocenters. The van der Waals surface area contributed by atoms with Crippen LogP contribution in [0.2, 0.25) is 0 Å². The molecule has 0 aliphatic rings. The first kappa shape index (κ1) is 11.0. The van der Waals surface area contributed by atoms with Crippen molar-refractivity contribution in [3.8, 4) is 5.82 Å². The highest BCUT2D eigenvalue weighted by molar-refractivity contribution is 9.10. The number of nitrogens with zero attached hydrogens (tertiary/aromatic N) is 4. The van der Waals surface area contributed by atoms with Crippen LogP contribution in [0.1, 0.15) is 0 Å². The third kappa shape index (κ3) is 1.78. The Balaban J connectivity index is 2.27. The zero-order valence-corrected chi connectivity index (χ0v) is 10.8. The fraction of sp³-hybridized carbons (Fsp3) is 0. The first-order valence-corrected chi connectivity index (χ1v) is 5.96. The normalized spacial score (nSPS) is 10.9. The predicted octanol–water partition coefficient (Wildman–Crippen LogP) is 1.74. The molecule has 0 aliphatic carbocycles. The van der Waals surface area contributed by atoms with Crippen LogP contribution in [0.4, 0.5) is 11.8 Å². The minimum atomic E-state index is 0.153. The summed E-state index contributed by atoms with van der Waals surface area (Å²) in [4.78, 5) is 12.2. The molecule has 0 atom stereocenters. The summed E-state index contributed by atoms with van der Waals surface area (Å²) in [5.41, 5.74) is 12.2. The molecule has 3 aromatic heterocycles. The van der Waals surface area contributed by atoms with E-state index in [0.717, 1.165) is 15.5 Å². The van der Waals surface area contributed by atoms with Gasteiger partial charge in [-0.1, -0.05) is 0 Å². The lowest BCUT2D eigenvalue weighted by molar-refractivity contribution is 1.02. The Morgan fingerprint density at radius 3 is 2.78 bits per heavy atom. The molecule has 0 saturated carbocycles. The minimum absolute atomic E-state index is 0.153. The Bertz CT molecular complexity index is 715. The number of hydrogen-bond donors (Lipinski definition) is 2. The number of pyridine rings is 1. The van der Waals surface area contributed by atoms with E-state index >= 15 is 0 Å². The number of aromatic nitrogens is 4. The number of hydrogen-bond acceptors (Lipinski definition) is 5. The second-order valence-electron chi connectivity index (χ2n) is 3.76. The van der Waals surface area contributed by atoms with E-state index in [4.69, 9.17) is 11.5 Å². The van der Waals surface area contributed by atoms with Crippen LogP contribution in [0.5, 0.6) is 0 Å². The average Bonchev–Trinajstić information content (AvgIpc) is 2.70. The molecule has 3 heterocycles. The van der Waals surface area contributed by atoms with E-state index in [0.29, 0.717) is 11.6 Å². The van der Waals surface area contributed by atoms with Gasteiger partial charge in [0.15, 0.2) is 0 Å². The third-order valence-corrected chi connectivity index (χ3v) is 2.97. The fourth-order valence-corrected chi connectivity index (χ4v) is 2.12. The molecule has 0 bridgehead atoms. The molecular formula is C11H9BrN6. The minimum Gasteiger partial charge on any atom is -0.383 e. The molecule has 18 heavy (non-hydrogen) atoms. The number of anilines is 2. The van der Waals surface area contributed by atoms with Gasteiger partial charge in [0.2, 0.25) is 5.95 Å². The van der Waals surface area contributed by atoms with Gasteiger partial charge >= 0.3 is 0 Å². The maximum atomic E-state index is 5.67. The molecule has 3 aromatic rings. The van der Waals surface area contributed by atoms with Gasteiger partial charge in [-0.2, -0.15) is 9.97 Å². The van der Waals surface area contributed by atoms with Crippen molar-refractivity contribution in [2.45, 2.75) is 0 Å². The van der Waals surface area contributed by atoms with Crippen LogP contribution in [0.15, 0.2) is 35.2 Å². The maximum Gasteiger partial charge on any atom is 0.223 e. The number of nitrogens with two attached hydrogens (primary N) is 2. The largest absolute Gasteiger partial charge is 0.383 e. The van der Waals surface area contributed by atoms with Gasteiger partial charge in [-0.25, -0.2) is 4.98 Å². The molecule has 0 radical (unpaired) electrons. The van der Waals surface area contributed by atoms with E-state index in [1.165, 1.54) is 0 Å². The molecule has 0 amide bonds. The van der Waals surface area contributed by atoms with Gasteiger partial charge in [-0.05, 0) is 28.1 Å². The SMILES string of the molecule is Nc1cc(-n2ccc3cnc(Br)cc32)nc(N)n1. The molecular weight excluding hydrogens is 296 g/mol. The third-order valence-electron chi connectivity index (χ3n) is 2.54. The fourth-order valence-electron chi connectivity index (χ4n) is 1.80. The molecule has 3 rings (SSSR count). The monoisotopic (exact) mass is 304 g/mol. The molecule has 0 saturated heterocycles. The maximum absolute atomic E-state index is 5.67. The van der Waals surface area contributed by atoms with Crippen molar-refractivity contribution in [2.75, 3.05) is 11.5 Å². The number of nitrogen functional groups attached to an aromatic ring is 2. The Hall–Kier alpha value is -2.15. The summed E-state index contributed by atoms with van der Waals surface area (Å²) in [5.74, 6) is 1.13.